The second kappa shape index (κ2) is 9.98. The van der Waals surface area contributed by atoms with Crippen molar-refractivity contribution in [1.82, 2.24) is 9.62 Å². The zero-order valence-electron chi connectivity index (χ0n) is 15.9. The SMILES string of the molecule is Cc1ccc(/C=C/S(=O)(=O)NCC(=O)N(Cc2cccs2)Cc2cccs2)cc1. The van der Waals surface area contributed by atoms with Crippen molar-refractivity contribution in [3.8, 4) is 0 Å². The standard InChI is InChI=1S/C21H22N2O3S3/c1-17-6-8-18(9-7-17)10-13-29(25,26)22-14-21(24)23(15-19-4-2-11-27-19)16-20-5-3-12-28-20/h2-13,22H,14-16H2,1H3/b13-10+. The van der Waals surface area contributed by atoms with Gasteiger partial charge in [0.05, 0.1) is 19.6 Å². The second-order valence-corrected chi connectivity index (χ2v) is 10.2. The third kappa shape index (κ3) is 6.93. The Bertz CT molecular complexity index is 1000. The molecule has 3 rings (SSSR count). The zero-order chi connectivity index (χ0) is 20.7. The average molecular weight is 447 g/mol. The summed E-state index contributed by atoms with van der Waals surface area (Å²) in [7, 11) is -3.72. The lowest BCUT2D eigenvalue weighted by Gasteiger charge is -2.21. The minimum atomic E-state index is -3.72. The highest BCUT2D eigenvalue weighted by molar-refractivity contribution is 7.92. The maximum Gasteiger partial charge on any atom is 0.238 e. The first-order valence-corrected chi connectivity index (χ1v) is 12.3. The first-order chi connectivity index (χ1) is 13.9. The van der Waals surface area contributed by atoms with Crippen molar-refractivity contribution in [3.63, 3.8) is 0 Å². The Morgan fingerprint density at radius 3 is 2.10 bits per heavy atom. The van der Waals surface area contributed by atoms with Crippen LogP contribution in [-0.4, -0.2) is 25.8 Å². The molecule has 0 aliphatic carbocycles. The number of nitrogens with zero attached hydrogens (tertiary/aromatic N) is 1. The highest BCUT2D eigenvalue weighted by atomic mass is 32.2. The molecule has 0 radical (unpaired) electrons. The van der Waals surface area contributed by atoms with Crippen LogP contribution in [-0.2, 0) is 27.9 Å². The molecular weight excluding hydrogens is 424 g/mol. The second-order valence-electron chi connectivity index (χ2n) is 6.49. The Hall–Kier alpha value is -2.26. The summed E-state index contributed by atoms with van der Waals surface area (Å²) in [6.07, 6.45) is 1.52. The molecule has 3 aromatic rings. The molecule has 0 aliphatic heterocycles. The van der Waals surface area contributed by atoms with Crippen molar-refractivity contribution >= 4 is 44.7 Å². The minimum Gasteiger partial charge on any atom is -0.331 e. The van der Waals surface area contributed by atoms with Crippen LogP contribution >= 0.6 is 22.7 Å². The first-order valence-electron chi connectivity index (χ1n) is 8.98. The van der Waals surface area contributed by atoms with Gasteiger partial charge in [-0.2, -0.15) is 0 Å². The molecule has 0 bridgehead atoms. The molecule has 0 saturated heterocycles. The summed E-state index contributed by atoms with van der Waals surface area (Å²) in [6.45, 7) is 2.59. The van der Waals surface area contributed by atoms with E-state index in [2.05, 4.69) is 4.72 Å². The zero-order valence-corrected chi connectivity index (χ0v) is 18.4. The number of amides is 1. The van der Waals surface area contributed by atoms with E-state index in [-0.39, 0.29) is 12.5 Å². The molecule has 5 nitrogen and oxygen atoms in total. The topological polar surface area (TPSA) is 66.5 Å². The van der Waals surface area contributed by atoms with Crippen LogP contribution in [0.15, 0.2) is 64.7 Å². The number of thiophene rings is 2. The predicted octanol–water partition coefficient (Wildman–Crippen LogP) is 4.24. The van der Waals surface area contributed by atoms with Crippen molar-refractivity contribution < 1.29 is 13.2 Å². The molecular formula is C21H22N2O3S3. The molecule has 1 amide bonds. The minimum absolute atomic E-state index is 0.265. The summed E-state index contributed by atoms with van der Waals surface area (Å²) in [6, 6.07) is 15.3. The molecule has 0 fully saturated rings. The van der Waals surface area contributed by atoms with Crippen molar-refractivity contribution in [1.29, 1.82) is 0 Å². The largest absolute Gasteiger partial charge is 0.331 e. The molecule has 1 N–H and O–H groups in total. The number of carbonyl (C=O) groups excluding carboxylic acids is 1. The Morgan fingerprint density at radius 2 is 1.59 bits per heavy atom. The molecule has 0 saturated carbocycles. The molecule has 2 aromatic heterocycles. The lowest BCUT2D eigenvalue weighted by Crippen LogP contribution is -2.38. The number of benzene rings is 1. The fourth-order valence-electron chi connectivity index (χ4n) is 2.58. The van der Waals surface area contributed by atoms with Gasteiger partial charge in [0.25, 0.3) is 0 Å². The number of aryl methyl sites for hydroxylation is 1. The van der Waals surface area contributed by atoms with Crippen LogP contribution in [0.4, 0.5) is 0 Å². The van der Waals surface area contributed by atoms with Gasteiger partial charge in [-0.15, -0.1) is 22.7 Å². The van der Waals surface area contributed by atoms with Gasteiger partial charge in [-0.3, -0.25) is 4.79 Å². The Balaban J connectivity index is 1.62. The quantitative estimate of drug-likeness (QED) is 0.535. The van der Waals surface area contributed by atoms with E-state index in [0.717, 1.165) is 26.3 Å². The van der Waals surface area contributed by atoms with Crippen LogP contribution in [0.3, 0.4) is 0 Å². The fourth-order valence-corrected chi connectivity index (χ4v) is 4.78. The summed E-state index contributed by atoms with van der Waals surface area (Å²) in [5.74, 6) is -0.265. The molecule has 0 unspecified atom stereocenters. The van der Waals surface area contributed by atoms with Crippen LogP contribution in [0.2, 0.25) is 0 Å². The molecule has 8 heteroatoms. The van der Waals surface area contributed by atoms with Crippen LogP contribution in [0.1, 0.15) is 20.9 Å². The average Bonchev–Trinajstić information content (AvgIpc) is 3.39. The normalized spacial score (nSPS) is 11.8. The van der Waals surface area contributed by atoms with E-state index in [4.69, 9.17) is 0 Å². The summed E-state index contributed by atoms with van der Waals surface area (Å²) >= 11 is 3.14. The fraction of sp³-hybridized carbons (Fsp3) is 0.190. The Kier molecular flexibility index (Phi) is 7.38. The molecule has 152 valence electrons. The van der Waals surface area contributed by atoms with Gasteiger partial charge in [-0.25, -0.2) is 13.1 Å². The van der Waals surface area contributed by atoms with Gasteiger partial charge < -0.3 is 4.90 Å². The molecule has 29 heavy (non-hydrogen) atoms. The van der Waals surface area contributed by atoms with E-state index < -0.39 is 10.0 Å². The number of sulfonamides is 1. The third-order valence-corrected chi connectivity index (χ3v) is 6.91. The lowest BCUT2D eigenvalue weighted by atomic mass is 10.2. The van der Waals surface area contributed by atoms with Crippen LogP contribution in [0.5, 0.6) is 0 Å². The van der Waals surface area contributed by atoms with E-state index in [1.54, 1.807) is 27.6 Å². The molecule has 1 aromatic carbocycles. The molecule has 0 spiro atoms. The molecule has 2 heterocycles. The summed E-state index contributed by atoms with van der Waals surface area (Å²) in [5, 5.41) is 5.01. The Morgan fingerprint density at radius 1 is 1.00 bits per heavy atom. The van der Waals surface area contributed by atoms with Crippen molar-refractivity contribution in [2.24, 2.45) is 0 Å². The number of nitrogens with one attached hydrogen (secondary N) is 1. The first kappa shape index (κ1) is 21.4. The van der Waals surface area contributed by atoms with Crippen molar-refractivity contribution in [2.75, 3.05) is 6.54 Å². The Labute approximate surface area is 179 Å². The summed E-state index contributed by atoms with van der Waals surface area (Å²) < 4.78 is 26.9. The van der Waals surface area contributed by atoms with Crippen LogP contribution < -0.4 is 4.72 Å². The van der Waals surface area contributed by atoms with E-state index in [0.29, 0.717) is 13.1 Å². The smallest absolute Gasteiger partial charge is 0.238 e. The maximum absolute atomic E-state index is 12.7. The van der Waals surface area contributed by atoms with Gasteiger partial charge in [-0.1, -0.05) is 42.0 Å². The highest BCUT2D eigenvalue weighted by Gasteiger charge is 2.18. The highest BCUT2D eigenvalue weighted by Crippen LogP contribution is 2.17. The van der Waals surface area contributed by atoms with Gasteiger partial charge in [0.15, 0.2) is 0 Å². The number of hydrogen-bond acceptors (Lipinski definition) is 5. The number of hydrogen-bond donors (Lipinski definition) is 1. The monoisotopic (exact) mass is 446 g/mol. The van der Waals surface area contributed by atoms with E-state index in [1.165, 1.54) is 6.08 Å². The number of rotatable bonds is 9. The van der Waals surface area contributed by atoms with Crippen molar-refractivity contribution in [3.05, 3.63) is 85.6 Å². The lowest BCUT2D eigenvalue weighted by molar-refractivity contribution is -0.131. The maximum atomic E-state index is 12.7. The summed E-state index contributed by atoms with van der Waals surface area (Å²) in [4.78, 5) is 16.5. The van der Waals surface area contributed by atoms with Gasteiger partial charge in [-0.05, 0) is 41.5 Å². The van der Waals surface area contributed by atoms with E-state index in [9.17, 15) is 13.2 Å². The molecule has 0 aliphatic rings. The summed E-state index contributed by atoms with van der Waals surface area (Å²) in [5.41, 5.74) is 1.88. The van der Waals surface area contributed by atoms with Gasteiger partial charge in [0.1, 0.15) is 0 Å². The van der Waals surface area contributed by atoms with Crippen LogP contribution in [0.25, 0.3) is 6.08 Å². The van der Waals surface area contributed by atoms with Gasteiger partial charge in [0, 0.05) is 15.2 Å². The van der Waals surface area contributed by atoms with E-state index in [1.807, 2.05) is 66.2 Å². The van der Waals surface area contributed by atoms with Gasteiger partial charge >= 0.3 is 0 Å². The van der Waals surface area contributed by atoms with E-state index >= 15 is 0 Å². The van der Waals surface area contributed by atoms with Crippen LogP contribution in [0, 0.1) is 6.92 Å². The van der Waals surface area contributed by atoms with Gasteiger partial charge in [0.2, 0.25) is 15.9 Å². The van der Waals surface area contributed by atoms with Crippen molar-refractivity contribution in [2.45, 2.75) is 20.0 Å². The predicted molar refractivity (Wildman–Crippen MR) is 120 cm³/mol. The third-order valence-electron chi connectivity index (χ3n) is 4.15. The number of carbonyl (C=O) groups is 1. The molecule has 0 atom stereocenters.